The van der Waals surface area contributed by atoms with Gasteiger partial charge in [-0.2, -0.15) is 0 Å². The summed E-state index contributed by atoms with van der Waals surface area (Å²) in [6.45, 7) is 5.78. The van der Waals surface area contributed by atoms with E-state index in [1.165, 1.54) is 37.4 Å². The molecule has 2 heterocycles. The van der Waals surface area contributed by atoms with Gasteiger partial charge in [0, 0.05) is 11.9 Å². The molecular weight excluding hydrogens is 240 g/mol. The van der Waals surface area contributed by atoms with Gasteiger partial charge in [0.05, 0.1) is 18.1 Å². The van der Waals surface area contributed by atoms with E-state index in [-0.39, 0.29) is 0 Å². The van der Waals surface area contributed by atoms with Crippen molar-refractivity contribution < 1.29 is 0 Å². The third kappa shape index (κ3) is 3.19. The minimum absolute atomic E-state index is 0.537. The number of hydrogen-bond donors (Lipinski definition) is 0. The smallest absolute Gasteiger partial charge is 0.107 e. The topological polar surface area (TPSA) is 16.1 Å². The van der Waals surface area contributed by atoms with Crippen LogP contribution in [0.5, 0.6) is 0 Å². The van der Waals surface area contributed by atoms with Crippen molar-refractivity contribution in [3.63, 3.8) is 0 Å². The van der Waals surface area contributed by atoms with Crippen LogP contribution in [0.2, 0.25) is 0 Å². The lowest BCUT2D eigenvalue weighted by Crippen LogP contribution is -2.20. The van der Waals surface area contributed by atoms with Crippen molar-refractivity contribution in [1.82, 2.24) is 9.88 Å². The van der Waals surface area contributed by atoms with Crippen LogP contribution in [0.15, 0.2) is 5.38 Å². The number of aromatic nitrogens is 1. The fourth-order valence-corrected chi connectivity index (χ4v) is 3.44. The van der Waals surface area contributed by atoms with Crippen LogP contribution in [-0.4, -0.2) is 23.0 Å². The van der Waals surface area contributed by atoms with Gasteiger partial charge in [-0.15, -0.1) is 22.9 Å². The summed E-state index contributed by atoms with van der Waals surface area (Å²) < 4.78 is 0. The van der Waals surface area contributed by atoms with Crippen LogP contribution in [-0.2, 0) is 12.4 Å². The second-order valence-corrected chi connectivity index (χ2v) is 5.75. The number of likely N-dealkylation sites (tertiary alicyclic amines) is 1. The highest BCUT2D eigenvalue weighted by Gasteiger charge is 2.22. The Morgan fingerprint density at radius 2 is 2.50 bits per heavy atom. The molecule has 0 bridgehead atoms. The van der Waals surface area contributed by atoms with Crippen LogP contribution in [0.3, 0.4) is 0 Å². The van der Waals surface area contributed by atoms with Crippen molar-refractivity contribution in [1.29, 1.82) is 0 Å². The second kappa shape index (κ2) is 5.99. The number of thiazole rings is 1. The van der Waals surface area contributed by atoms with Gasteiger partial charge in [-0.1, -0.05) is 13.3 Å². The molecule has 0 aliphatic carbocycles. The van der Waals surface area contributed by atoms with Gasteiger partial charge in [-0.3, -0.25) is 4.90 Å². The molecule has 1 aliphatic rings. The number of halogens is 1. The lowest BCUT2D eigenvalue weighted by atomic mass is 10.0. The van der Waals surface area contributed by atoms with Gasteiger partial charge in [0.15, 0.2) is 0 Å². The highest BCUT2D eigenvalue weighted by molar-refractivity contribution is 7.09. The highest BCUT2D eigenvalue weighted by Crippen LogP contribution is 2.23. The average Bonchev–Trinajstić information content (AvgIpc) is 2.89. The predicted molar refractivity (Wildman–Crippen MR) is 70.0 cm³/mol. The molecule has 1 aliphatic heterocycles. The van der Waals surface area contributed by atoms with Gasteiger partial charge in [-0.25, -0.2) is 4.98 Å². The molecule has 2 rings (SSSR count). The first-order valence-electron chi connectivity index (χ1n) is 6.03. The van der Waals surface area contributed by atoms with Crippen LogP contribution in [0.4, 0.5) is 0 Å². The zero-order valence-corrected chi connectivity index (χ0v) is 11.4. The van der Waals surface area contributed by atoms with Crippen molar-refractivity contribution in [2.45, 2.75) is 38.6 Å². The van der Waals surface area contributed by atoms with Crippen molar-refractivity contribution in [2.24, 2.45) is 5.92 Å². The van der Waals surface area contributed by atoms with Crippen molar-refractivity contribution in [2.75, 3.05) is 13.1 Å². The predicted octanol–water partition coefficient (Wildman–Crippen LogP) is 3.50. The van der Waals surface area contributed by atoms with E-state index < -0.39 is 0 Å². The van der Waals surface area contributed by atoms with Crippen LogP contribution < -0.4 is 0 Å². The molecule has 1 unspecified atom stereocenters. The maximum atomic E-state index is 5.75. The largest absolute Gasteiger partial charge is 0.296 e. The Morgan fingerprint density at radius 1 is 1.62 bits per heavy atom. The summed E-state index contributed by atoms with van der Waals surface area (Å²) in [5.41, 5.74) is 1.02. The van der Waals surface area contributed by atoms with E-state index >= 15 is 0 Å². The molecule has 4 heteroatoms. The SMILES string of the molecule is CCCC1CCN(Cc2nc(CCl)cs2)C1. The molecule has 0 amide bonds. The summed E-state index contributed by atoms with van der Waals surface area (Å²) in [6.07, 6.45) is 4.05. The number of alkyl halides is 1. The molecule has 0 saturated carbocycles. The van der Waals surface area contributed by atoms with E-state index in [9.17, 15) is 0 Å². The Hall–Kier alpha value is -0.120. The minimum atomic E-state index is 0.537. The highest BCUT2D eigenvalue weighted by atomic mass is 35.5. The Balaban J connectivity index is 1.82. The third-order valence-electron chi connectivity index (χ3n) is 3.16. The number of rotatable bonds is 5. The summed E-state index contributed by atoms with van der Waals surface area (Å²) in [7, 11) is 0. The first-order chi connectivity index (χ1) is 7.81. The van der Waals surface area contributed by atoms with Gasteiger partial charge in [-0.05, 0) is 25.3 Å². The van der Waals surface area contributed by atoms with Crippen molar-refractivity contribution in [3.05, 3.63) is 16.1 Å². The normalized spacial score (nSPS) is 21.8. The molecule has 90 valence electrons. The van der Waals surface area contributed by atoms with Crippen molar-refractivity contribution >= 4 is 22.9 Å². The molecular formula is C12H19ClN2S. The van der Waals surface area contributed by atoms with E-state index in [0.717, 1.165) is 18.2 Å². The van der Waals surface area contributed by atoms with Gasteiger partial charge in [0.25, 0.3) is 0 Å². The van der Waals surface area contributed by atoms with Crippen LogP contribution >= 0.6 is 22.9 Å². The molecule has 0 N–H and O–H groups in total. The van der Waals surface area contributed by atoms with E-state index in [1.807, 2.05) is 0 Å². The van der Waals surface area contributed by atoms with Crippen LogP contribution in [0, 0.1) is 5.92 Å². The summed E-state index contributed by atoms with van der Waals surface area (Å²) in [4.78, 5) is 7.03. The van der Waals surface area contributed by atoms with E-state index in [0.29, 0.717) is 5.88 Å². The van der Waals surface area contributed by atoms with E-state index in [4.69, 9.17) is 11.6 Å². The van der Waals surface area contributed by atoms with Crippen LogP contribution in [0.25, 0.3) is 0 Å². The Morgan fingerprint density at radius 3 is 3.19 bits per heavy atom. The Kier molecular flexibility index (Phi) is 4.62. The second-order valence-electron chi connectivity index (χ2n) is 4.54. The fourth-order valence-electron chi connectivity index (χ4n) is 2.37. The fraction of sp³-hybridized carbons (Fsp3) is 0.750. The summed E-state index contributed by atoms with van der Waals surface area (Å²) in [6, 6.07) is 0. The summed E-state index contributed by atoms with van der Waals surface area (Å²) >= 11 is 7.49. The first kappa shape index (κ1) is 12.3. The lowest BCUT2D eigenvalue weighted by Gasteiger charge is -2.13. The van der Waals surface area contributed by atoms with E-state index in [2.05, 4.69) is 22.2 Å². The third-order valence-corrected chi connectivity index (χ3v) is 4.32. The maximum Gasteiger partial charge on any atom is 0.107 e. The quantitative estimate of drug-likeness (QED) is 0.752. The van der Waals surface area contributed by atoms with Gasteiger partial charge in [0.2, 0.25) is 0 Å². The molecule has 1 fully saturated rings. The standard InChI is InChI=1S/C12H19ClN2S/c1-2-3-10-4-5-15(7-10)8-12-14-11(6-13)9-16-12/h9-10H,2-8H2,1H3. The zero-order chi connectivity index (χ0) is 11.4. The lowest BCUT2D eigenvalue weighted by molar-refractivity contribution is 0.312. The average molecular weight is 259 g/mol. The van der Waals surface area contributed by atoms with Gasteiger partial charge >= 0.3 is 0 Å². The molecule has 2 nitrogen and oxygen atoms in total. The summed E-state index contributed by atoms with van der Waals surface area (Å²) in [5, 5.41) is 3.29. The first-order valence-corrected chi connectivity index (χ1v) is 7.44. The Labute approximate surface area is 107 Å². The summed E-state index contributed by atoms with van der Waals surface area (Å²) in [5.74, 6) is 1.45. The Bertz CT molecular complexity index is 327. The molecule has 0 spiro atoms. The molecule has 1 atom stereocenters. The molecule has 1 aromatic rings. The monoisotopic (exact) mass is 258 g/mol. The number of nitrogens with zero attached hydrogens (tertiary/aromatic N) is 2. The molecule has 0 radical (unpaired) electrons. The maximum absolute atomic E-state index is 5.75. The zero-order valence-electron chi connectivity index (χ0n) is 9.79. The van der Waals surface area contributed by atoms with Gasteiger partial charge in [0.1, 0.15) is 5.01 Å². The van der Waals surface area contributed by atoms with Crippen LogP contribution in [0.1, 0.15) is 36.9 Å². The molecule has 1 saturated heterocycles. The van der Waals surface area contributed by atoms with Gasteiger partial charge < -0.3 is 0 Å². The molecule has 0 aromatic carbocycles. The van der Waals surface area contributed by atoms with E-state index in [1.54, 1.807) is 11.3 Å². The molecule has 1 aromatic heterocycles. The molecule has 16 heavy (non-hydrogen) atoms. The number of hydrogen-bond acceptors (Lipinski definition) is 3. The van der Waals surface area contributed by atoms with Crippen molar-refractivity contribution in [3.8, 4) is 0 Å². The minimum Gasteiger partial charge on any atom is -0.296 e.